The third-order valence-electron chi connectivity index (χ3n) is 4.19. The molecule has 1 aliphatic carbocycles. The Labute approximate surface area is 164 Å². The van der Waals surface area contributed by atoms with Crippen LogP contribution >= 0.6 is 0 Å². The van der Waals surface area contributed by atoms with E-state index in [0.29, 0.717) is 0 Å². The zero-order chi connectivity index (χ0) is 20.1. The second kappa shape index (κ2) is 8.19. The molecule has 142 valence electrons. The maximum absolute atomic E-state index is 12.6. The molecule has 0 unspecified atom stereocenters. The van der Waals surface area contributed by atoms with E-state index in [1.165, 1.54) is 30.3 Å². The van der Waals surface area contributed by atoms with Gasteiger partial charge >= 0.3 is 0 Å². The summed E-state index contributed by atoms with van der Waals surface area (Å²) in [6.45, 7) is 1.84. The van der Waals surface area contributed by atoms with Crippen LogP contribution in [0.5, 0.6) is 0 Å². The van der Waals surface area contributed by atoms with Crippen LogP contribution in [0.2, 0.25) is 0 Å². The van der Waals surface area contributed by atoms with Gasteiger partial charge in [-0.15, -0.1) is 0 Å². The fourth-order valence-electron chi connectivity index (χ4n) is 2.72. The first-order valence-electron chi connectivity index (χ1n) is 8.69. The van der Waals surface area contributed by atoms with Crippen LogP contribution in [0.1, 0.15) is 32.7 Å². The average Bonchev–Trinajstić information content (AvgIpc) is 2.68. The molecule has 2 aromatic rings. The van der Waals surface area contributed by atoms with E-state index in [-0.39, 0.29) is 21.8 Å². The predicted octanol–water partition coefficient (Wildman–Crippen LogP) is 3.74. The monoisotopic (exact) mass is 393 g/mol. The van der Waals surface area contributed by atoms with Gasteiger partial charge in [-0.1, -0.05) is 60.2 Å². The summed E-state index contributed by atoms with van der Waals surface area (Å²) >= 11 is 0. The van der Waals surface area contributed by atoms with E-state index < -0.39 is 15.9 Å². The van der Waals surface area contributed by atoms with E-state index in [4.69, 9.17) is 0 Å². The van der Waals surface area contributed by atoms with Crippen molar-refractivity contribution in [3.8, 4) is 0 Å². The number of amides is 1. The molecule has 28 heavy (non-hydrogen) atoms. The second-order valence-electron chi connectivity index (χ2n) is 6.34. The molecule has 0 bridgehead atoms. The zero-order valence-electron chi connectivity index (χ0n) is 15.3. The van der Waals surface area contributed by atoms with Crippen molar-refractivity contribution < 1.29 is 18.0 Å². The highest BCUT2D eigenvalue weighted by atomic mass is 32.2. The fraction of sp³-hybridized carbons (Fsp3) is 0.0909. The third-order valence-corrected chi connectivity index (χ3v) is 5.53. The largest absolute Gasteiger partial charge is 0.289 e. The number of aryl methyl sites for hydroxylation is 1. The first-order valence-corrected chi connectivity index (χ1v) is 10.2. The molecule has 0 radical (unpaired) electrons. The molecule has 5 nitrogen and oxygen atoms in total. The summed E-state index contributed by atoms with van der Waals surface area (Å²) in [7, 11) is -4.04. The molecule has 1 aliphatic rings. The number of carbonyl (C=O) groups excluding carboxylic acids is 2. The number of allylic oxidation sites excluding steroid dienone is 6. The molecular weight excluding hydrogens is 374 g/mol. The van der Waals surface area contributed by atoms with Gasteiger partial charge in [0.05, 0.1) is 10.5 Å². The number of rotatable bonds is 5. The number of carbonyl (C=O) groups is 2. The molecule has 0 fully saturated rings. The Morgan fingerprint density at radius 1 is 0.929 bits per heavy atom. The predicted molar refractivity (Wildman–Crippen MR) is 108 cm³/mol. The van der Waals surface area contributed by atoms with Gasteiger partial charge in [0.25, 0.3) is 15.9 Å². The molecular formula is C22H19NO4S. The molecule has 0 aromatic heterocycles. The maximum Gasteiger partial charge on any atom is 0.265 e. The van der Waals surface area contributed by atoms with Crippen LogP contribution in [-0.4, -0.2) is 20.1 Å². The van der Waals surface area contributed by atoms with Crippen molar-refractivity contribution in [3.63, 3.8) is 0 Å². The molecule has 1 amide bonds. The van der Waals surface area contributed by atoms with Crippen molar-refractivity contribution in [2.75, 3.05) is 0 Å². The number of ketones is 1. The highest BCUT2D eigenvalue weighted by Gasteiger charge is 2.22. The van der Waals surface area contributed by atoms with Crippen LogP contribution in [0.4, 0.5) is 0 Å². The van der Waals surface area contributed by atoms with E-state index in [1.54, 1.807) is 24.3 Å². The molecule has 0 saturated carbocycles. The van der Waals surface area contributed by atoms with Crippen molar-refractivity contribution in [1.29, 1.82) is 0 Å². The normalized spacial score (nSPS) is 13.2. The standard InChI is InChI=1S/C22H19NO4S/c1-16-11-13-18(14-12-16)28(26,27)23-22(25)20-10-6-5-9-19(20)21(24)15-17-7-3-2-4-8-17/h3-15H,2H2,1H3,(H,23,25). The molecule has 0 heterocycles. The van der Waals surface area contributed by atoms with Crippen LogP contribution < -0.4 is 4.72 Å². The van der Waals surface area contributed by atoms with Gasteiger partial charge < -0.3 is 0 Å². The summed E-state index contributed by atoms with van der Waals surface area (Å²) in [6.07, 6.45) is 9.72. The lowest BCUT2D eigenvalue weighted by Gasteiger charge is -2.10. The Morgan fingerprint density at radius 2 is 1.54 bits per heavy atom. The van der Waals surface area contributed by atoms with Gasteiger partial charge in [-0.2, -0.15) is 0 Å². The highest BCUT2D eigenvalue weighted by Crippen LogP contribution is 2.16. The summed E-state index contributed by atoms with van der Waals surface area (Å²) in [5, 5.41) is 0. The summed E-state index contributed by atoms with van der Waals surface area (Å²) in [6, 6.07) is 12.3. The van der Waals surface area contributed by atoms with Crippen LogP contribution in [0.3, 0.4) is 0 Å². The van der Waals surface area contributed by atoms with Crippen molar-refractivity contribution in [2.45, 2.75) is 18.2 Å². The lowest BCUT2D eigenvalue weighted by molar-refractivity contribution is 0.0967. The molecule has 0 saturated heterocycles. The number of nitrogens with one attached hydrogen (secondary N) is 1. The van der Waals surface area contributed by atoms with Crippen molar-refractivity contribution in [1.82, 2.24) is 4.72 Å². The maximum atomic E-state index is 12.6. The first-order chi connectivity index (χ1) is 13.4. The molecule has 0 spiro atoms. The van der Waals surface area contributed by atoms with Crippen LogP contribution in [0, 0.1) is 6.92 Å². The molecule has 0 atom stereocenters. The summed E-state index contributed by atoms with van der Waals surface area (Å²) in [4.78, 5) is 25.2. The molecule has 1 N–H and O–H groups in total. The van der Waals surface area contributed by atoms with Crippen molar-refractivity contribution in [3.05, 3.63) is 101 Å². The van der Waals surface area contributed by atoms with Crippen molar-refractivity contribution >= 4 is 21.7 Å². The van der Waals surface area contributed by atoms with Crippen LogP contribution in [-0.2, 0) is 10.0 Å². The summed E-state index contributed by atoms with van der Waals surface area (Å²) in [5.41, 5.74) is 1.77. The van der Waals surface area contributed by atoms with Gasteiger partial charge in [-0.05, 0) is 43.2 Å². The molecule has 2 aromatic carbocycles. The second-order valence-corrected chi connectivity index (χ2v) is 8.02. The lowest BCUT2D eigenvalue weighted by atomic mass is 10.00. The Hall–Kier alpha value is -3.25. The van der Waals surface area contributed by atoms with Gasteiger partial charge in [0.2, 0.25) is 0 Å². The van der Waals surface area contributed by atoms with Crippen molar-refractivity contribution in [2.24, 2.45) is 0 Å². The number of hydrogen-bond acceptors (Lipinski definition) is 4. The zero-order valence-corrected chi connectivity index (χ0v) is 16.1. The number of sulfonamides is 1. The Morgan fingerprint density at radius 3 is 2.18 bits per heavy atom. The Bertz CT molecular complexity index is 1090. The number of hydrogen-bond donors (Lipinski definition) is 1. The minimum Gasteiger partial charge on any atom is -0.289 e. The van der Waals surface area contributed by atoms with E-state index in [9.17, 15) is 18.0 Å². The highest BCUT2D eigenvalue weighted by molar-refractivity contribution is 7.90. The lowest BCUT2D eigenvalue weighted by Crippen LogP contribution is -2.31. The van der Waals surface area contributed by atoms with E-state index in [1.807, 2.05) is 35.9 Å². The van der Waals surface area contributed by atoms with Gasteiger partial charge in [0, 0.05) is 5.56 Å². The van der Waals surface area contributed by atoms with E-state index in [0.717, 1.165) is 17.6 Å². The fourth-order valence-corrected chi connectivity index (χ4v) is 3.68. The SMILES string of the molecule is Cc1ccc(S(=O)(=O)NC(=O)c2ccccc2C(=O)C=C2C=CCC=C2)cc1. The Balaban J connectivity index is 1.88. The Kier molecular flexibility index (Phi) is 5.70. The third kappa shape index (κ3) is 4.53. The topological polar surface area (TPSA) is 80.3 Å². The summed E-state index contributed by atoms with van der Waals surface area (Å²) in [5.74, 6) is -1.22. The number of benzene rings is 2. The van der Waals surface area contributed by atoms with Gasteiger partial charge in [0.1, 0.15) is 0 Å². The van der Waals surface area contributed by atoms with Gasteiger partial charge in [-0.3, -0.25) is 9.59 Å². The molecule has 6 heteroatoms. The van der Waals surface area contributed by atoms with E-state index in [2.05, 4.69) is 0 Å². The van der Waals surface area contributed by atoms with Crippen LogP contribution in [0.15, 0.2) is 89.4 Å². The van der Waals surface area contributed by atoms with Gasteiger partial charge in [-0.25, -0.2) is 13.1 Å². The van der Waals surface area contributed by atoms with Crippen LogP contribution in [0.25, 0.3) is 0 Å². The minimum absolute atomic E-state index is 0.00352. The summed E-state index contributed by atoms with van der Waals surface area (Å²) < 4.78 is 27.0. The molecule has 0 aliphatic heterocycles. The first kappa shape index (κ1) is 19.5. The minimum atomic E-state index is -4.04. The van der Waals surface area contributed by atoms with Gasteiger partial charge in [0.15, 0.2) is 5.78 Å². The smallest absolute Gasteiger partial charge is 0.265 e. The van der Waals surface area contributed by atoms with E-state index >= 15 is 0 Å². The quantitative estimate of drug-likeness (QED) is 0.620. The molecule has 3 rings (SSSR count). The average molecular weight is 393 g/mol.